The number of carbonyl (C=O) groups is 1. The Morgan fingerprint density at radius 3 is 2.58 bits per heavy atom. The van der Waals surface area contributed by atoms with Crippen LogP contribution in [0.3, 0.4) is 0 Å². The van der Waals surface area contributed by atoms with Crippen molar-refractivity contribution >= 4 is 28.5 Å². The van der Waals surface area contributed by atoms with Gasteiger partial charge in [-0.05, 0) is 24.3 Å². The van der Waals surface area contributed by atoms with Gasteiger partial charge in [-0.25, -0.2) is 4.79 Å². The van der Waals surface area contributed by atoms with Gasteiger partial charge in [-0.2, -0.15) is 0 Å². The molecule has 0 aliphatic carbocycles. The Labute approximate surface area is 114 Å². The topological polar surface area (TPSA) is 39.4 Å². The number of halogens is 1. The molecule has 1 aromatic heterocycles. The molecule has 3 rings (SSSR count). The highest BCUT2D eigenvalue weighted by Crippen LogP contribution is 2.25. The number of rotatable bonds is 2. The summed E-state index contributed by atoms with van der Waals surface area (Å²) in [5, 5.41) is 1.24. The first-order chi connectivity index (χ1) is 9.24. The fraction of sp³-hybridized carbons (Fsp3) is 0. The van der Waals surface area contributed by atoms with Gasteiger partial charge in [0, 0.05) is 5.39 Å². The molecular weight excluding hydrogens is 264 g/mol. The van der Waals surface area contributed by atoms with Crippen molar-refractivity contribution in [2.45, 2.75) is 0 Å². The summed E-state index contributed by atoms with van der Waals surface area (Å²) in [5.74, 6) is -0.0972. The number of fused-ring (bicyclic) bond motifs is 1. The van der Waals surface area contributed by atoms with Crippen molar-refractivity contribution in [1.29, 1.82) is 0 Å². The first-order valence-electron chi connectivity index (χ1n) is 5.69. The Kier molecular flexibility index (Phi) is 2.97. The van der Waals surface area contributed by atoms with E-state index >= 15 is 0 Å². The molecule has 94 valence electrons. The molecule has 0 aliphatic rings. The highest BCUT2D eigenvalue weighted by molar-refractivity contribution is 6.32. The summed E-state index contributed by atoms with van der Waals surface area (Å²) in [6.45, 7) is 0. The summed E-state index contributed by atoms with van der Waals surface area (Å²) in [6, 6.07) is 15.8. The Morgan fingerprint density at radius 1 is 1.05 bits per heavy atom. The van der Waals surface area contributed by atoms with E-state index < -0.39 is 5.97 Å². The molecule has 19 heavy (non-hydrogen) atoms. The first kappa shape index (κ1) is 11.8. The lowest BCUT2D eigenvalue weighted by Crippen LogP contribution is -2.07. The van der Waals surface area contributed by atoms with E-state index in [9.17, 15) is 4.79 Å². The van der Waals surface area contributed by atoms with E-state index in [4.69, 9.17) is 20.8 Å². The minimum absolute atomic E-state index is 0.154. The molecular formula is C15H9ClO3. The molecule has 4 heteroatoms. The van der Waals surface area contributed by atoms with Gasteiger partial charge in [0.15, 0.2) is 0 Å². The molecule has 1 heterocycles. The molecule has 3 aromatic rings. The molecule has 0 unspecified atom stereocenters. The molecule has 0 radical (unpaired) electrons. The number of hydrogen-bond donors (Lipinski definition) is 0. The molecule has 0 spiro atoms. The van der Waals surface area contributed by atoms with Crippen LogP contribution in [-0.2, 0) is 0 Å². The number of esters is 1. The molecule has 0 bridgehead atoms. The quantitative estimate of drug-likeness (QED) is 0.515. The molecule has 0 saturated carbocycles. The van der Waals surface area contributed by atoms with Crippen LogP contribution in [0.2, 0.25) is 5.02 Å². The third-order valence-electron chi connectivity index (χ3n) is 2.67. The largest absolute Gasteiger partial charge is 0.449 e. The maximum Gasteiger partial charge on any atom is 0.379 e. The van der Waals surface area contributed by atoms with Crippen LogP contribution < -0.4 is 4.74 Å². The number of para-hydroxylation sites is 2. The van der Waals surface area contributed by atoms with Gasteiger partial charge in [0.1, 0.15) is 11.3 Å². The number of furan rings is 1. The normalized spacial score (nSPS) is 10.6. The minimum atomic E-state index is -0.565. The predicted molar refractivity (Wildman–Crippen MR) is 72.6 cm³/mol. The molecule has 0 fully saturated rings. The van der Waals surface area contributed by atoms with E-state index in [0.29, 0.717) is 16.4 Å². The molecule has 0 saturated heterocycles. The summed E-state index contributed by atoms with van der Waals surface area (Å²) in [7, 11) is 0. The van der Waals surface area contributed by atoms with Crippen LogP contribution in [0.25, 0.3) is 11.0 Å². The van der Waals surface area contributed by atoms with Crippen LogP contribution in [0.1, 0.15) is 10.6 Å². The molecule has 0 atom stereocenters. The molecule has 0 aliphatic heterocycles. The SMILES string of the molecule is O=C(Oc1ccccc1Cl)c1cc2ccccc2o1. The minimum Gasteiger partial charge on any atom is -0.449 e. The second-order valence-corrected chi connectivity index (χ2v) is 4.38. The monoisotopic (exact) mass is 272 g/mol. The van der Waals surface area contributed by atoms with Crippen LogP contribution in [-0.4, -0.2) is 5.97 Å². The van der Waals surface area contributed by atoms with E-state index in [1.165, 1.54) is 0 Å². The summed E-state index contributed by atoms with van der Waals surface area (Å²) >= 11 is 5.93. The number of ether oxygens (including phenoxy) is 1. The summed E-state index contributed by atoms with van der Waals surface area (Å²) < 4.78 is 10.6. The van der Waals surface area contributed by atoms with E-state index in [0.717, 1.165) is 5.39 Å². The van der Waals surface area contributed by atoms with Gasteiger partial charge >= 0.3 is 5.97 Å². The lowest BCUT2D eigenvalue weighted by molar-refractivity contribution is 0.0704. The van der Waals surface area contributed by atoms with Crippen LogP contribution in [0, 0.1) is 0 Å². The van der Waals surface area contributed by atoms with Crippen molar-refractivity contribution in [1.82, 2.24) is 0 Å². The van der Waals surface area contributed by atoms with Crippen molar-refractivity contribution in [2.24, 2.45) is 0 Å². The highest BCUT2D eigenvalue weighted by Gasteiger charge is 2.15. The molecule has 0 N–H and O–H groups in total. The molecule has 2 aromatic carbocycles. The van der Waals surface area contributed by atoms with Crippen molar-refractivity contribution in [3.8, 4) is 5.75 Å². The number of benzene rings is 2. The third kappa shape index (κ3) is 2.33. The fourth-order valence-corrected chi connectivity index (χ4v) is 1.93. The van der Waals surface area contributed by atoms with Gasteiger partial charge in [0.2, 0.25) is 5.76 Å². The van der Waals surface area contributed by atoms with Gasteiger partial charge in [-0.15, -0.1) is 0 Å². The average Bonchev–Trinajstić information content (AvgIpc) is 2.85. The Bertz CT molecular complexity index is 713. The van der Waals surface area contributed by atoms with Crippen molar-refractivity contribution in [3.63, 3.8) is 0 Å². The average molecular weight is 273 g/mol. The lowest BCUT2D eigenvalue weighted by Gasteiger charge is -2.03. The van der Waals surface area contributed by atoms with Gasteiger partial charge in [0.25, 0.3) is 0 Å². The maximum atomic E-state index is 12.0. The zero-order valence-corrected chi connectivity index (χ0v) is 10.6. The van der Waals surface area contributed by atoms with Crippen LogP contribution in [0.15, 0.2) is 59.0 Å². The summed E-state index contributed by atoms with van der Waals surface area (Å²) in [6.07, 6.45) is 0. The van der Waals surface area contributed by atoms with Crippen LogP contribution >= 0.6 is 11.6 Å². The van der Waals surface area contributed by atoms with Gasteiger partial charge in [0.05, 0.1) is 5.02 Å². The van der Waals surface area contributed by atoms with Gasteiger partial charge in [-0.1, -0.05) is 41.9 Å². The zero-order valence-electron chi connectivity index (χ0n) is 9.80. The van der Waals surface area contributed by atoms with Gasteiger partial charge in [-0.3, -0.25) is 0 Å². The summed E-state index contributed by atoms with van der Waals surface area (Å²) in [5.41, 5.74) is 0.647. The Balaban J connectivity index is 1.90. The van der Waals surface area contributed by atoms with E-state index in [-0.39, 0.29) is 5.76 Å². The van der Waals surface area contributed by atoms with E-state index in [1.54, 1.807) is 36.4 Å². The zero-order chi connectivity index (χ0) is 13.2. The van der Waals surface area contributed by atoms with Crippen molar-refractivity contribution in [3.05, 3.63) is 65.4 Å². The number of carbonyl (C=O) groups excluding carboxylic acids is 1. The fourth-order valence-electron chi connectivity index (χ4n) is 1.76. The molecule has 0 amide bonds. The maximum absolute atomic E-state index is 12.0. The predicted octanol–water partition coefficient (Wildman–Crippen LogP) is 4.31. The van der Waals surface area contributed by atoms with E-state index in [1.807, 2.05) is 18.2 Å². The van der Waals surface area contributed by atoms with Gasteiger partial charge < -0.3 is 9.15 Å². The standard InChI is InChI=1S/C15H9ClO3/c16-11-6-2-4-8-13(11)19-15(17)14-9-10-5-1-3-7-12(10)18-14/h1-9H. The summed E-state index contributed by atoms with van der Waals surface area (Å²) in [4.78, 5) is 12.0. The van der Waals surface area contributed by atoms with Crippen molar-refractivity contribution in [2.75, 3.05) is 0 Å². The third-order valence-corrected chi connectivity index (χ3v) is 2.98. The second-order valence-electron chi connectivity index (χ2n) is 3.97. The smallest absolute Gasteiger partial charge is 0.379 e. The Morgan fingerprint density at radius 2 is 1.79 bits per heavy atom. The molecule has 3 nitrogen and oxygen atoms in total. The van der Waals surface area contributed by atoms with Crippen molar-refractivity contribution < 1.29 is 13.9 Å². The highest BCUT2D eigenvalue weighted by atomic mass is 35.5. The number of hydrogen-bond acceptors (Lipinski definition) is 3. The first-order valence-corrected chi connectivity index (χ1v) is 6.07. The lowest BCUT2D eigenvalue weighted by atomic mass is 10.2. The van der Waals surface area contributed by atoms with Crippen LogP contribution in [0.5, 0.6) is 5.75 Å². The Hall–Kier alpha value is -2.26. The van der Waals surface area contributed by atoms with Crippen LogP contribution in [0.4, 0.5) is 0 Å². The van der Waals surface area contributed by atoms with E-state index in [2.05, 4.69) is 0 Å². The second kappa shape index (κ2) is 4.78.